The van der Waals surface area contributed by atoms with Crippen LogP contribution >= 0.6 is 15.9 Å². The van der Waals surface area contributed by atoms with E-state index in [0.717, 1.165) is 46.2 Å². The van der Waals surface area contributed by atoms with Crippen molar-refractivity contribution in [1.29, 1.82) is 0 Å². The minimum atomic E-state index is -0.525. The molecule has 1 N–H and O–H groups in total. The lowest BCUT2D eigenvalue weighted by Crippen LogP contribution is -2.34. The number of aromatic hydroxyl groups is 1. The monoisotopic (exact) mass is 594 g/mol. The van der Waals surface area contributed by atoms with Crippen molar-refractivity contribution >= 4 is 45.2 Å². The van der Waals surface area contributed by atoms with Crippen LogP contribution in [0.15, 0.2) is 63.7 Å². The number of amides is 2. The van der Waals surface area contributed by atoms with Crippen LogP contribution in [0.2, 0.25) is 0 Å². The van der Waals surface area contributed by atoms with Gasteiger partial charge in [-0.3, -0.25) is 19.7 Å². The molecule has 2 saturated heterocycles. The number of carbonyl (C=O) groups is 2. The van der Waals surface area contributed by atoms with E-state index in [2.05, 4.69) is 29.8 Å². The molecule has 2 fully saturated rings. The van der Waals surface area contributed by atoms with Crippen molar-refractivity contribution in [3.8, 4) is 5.75 Å². The van der Waals surface area contributed by atoms with E-state index >= 15 is 0 Å². The highest BCUT2D eigenvalue weighted by Crippen LogP contribution is 2.51. The van der Waals surface area contributed by atoms with E-state index < -0.39 is 16.8 Å². The van der Waals surface area contributed by atoms with Crippen LogP contribution in [0.4, 0.5) is 11.4 Å². The number of nitro benzene ring substituents is 1. The van der Waals surface area contributed by atoms with Gasteiger partial charge in [0.25, 0.3) is 5.69 Å². The Morgan fingerprint density at radius 3 is 2.69 bits per heavy atom. The Morgan fingerprint density at radius 2 is 1.97 bits per heavy atom. The normalized spacial score (nSPS) is 24.8. The fraction of sp³-hybridized carbons (Fsp3) is 0.400. The molecule has 8 nitrogen and oxygen atoms in total. The summed E-state index contributed by atoms with van der Waals surface area (Å²) in [6, 6.07) is 11.1. The molecule has 0 bridgehead atoms. The molecule has 0 unspecified atom stereocenters. The third-order valence-corrected chi connectivity index (χ3v) is 8.76. The minimum Gasteiger partial charge on any atom is -0.507 e. The van der Waals surface area contributed by atoms with E-state index in [0.29, 0.717) is 13.0 Å². The van der Waals surface area contributed by atoms with Crippen LogP contribution < -0.4 is 4.90 Å². The first kappa shape index (κ1) is 27.3. The molecule has 0 radical (unpaired) electrons. The van der Waals surface area contributed by atoms with Crippen molar-refractivity contribution in [2.45, 2.75) is 52.1 Å². The van der Waals surface area contributed by atoms with Crippen LogP contribution in [-0.4, -0.2) is 34.6 Å². The maximum absolute atomic E-state index is 13.7. The highest BCUT2D eigenvalue weighted by molar-refractivity contribution is 9.10. The summed E-state index contributed by atoms with van der Waals surface area (Å²) in [5.41, 5.74) is 4.37. The molecule has 39 heavy (non-hydrogen) atoms. The van der Waals surface area contributed by atoms with E-state index in [9.17, 15) is 24.8 Å². The fourth-order valence-electron chi connectivity index (χ4n) is 6.34. The number of hydrogen-bond acceptors (Lipinski definition) is 6. The molecule has 2 heterocycles. The molecule has 2 amide bonds. The van der Waals surface area contributed by atoms with Crippen molar-refractivity contribution in [1.82, 2.24) is 0 Å². The molecule has 0 aromatic heterocycles. The molecule has 0 spiro atoms. The Morgan fingerprint density at radius 1 is 1.18 bits per heavy atom. The van der Waals surface area contributed by atoms with E-state index in [4.69, 9.17) is 4.74 Å². The zero-order valence-electron chi connectivity index (χ0n) is 21.9. The average molecular weight is 595 g/mol. The maximum atomic E-state index is 13.7. The minimum absolute atomic E-state index is 0.133. The Labute approximate surface area is 235 Å². The number of halogens is 1. The van der Waals surface area contributed by atoms with Gasteiger partial charge in [0.15, 0.2) is 0 Å². The molecular weight excluding hydrogens is 564 g/mol. The second kappa shape index (κ2) is 11.1. The first-order chi connectivity index (χ1) is 18.7. The number of fused-ring (bicyclic) bond motifs is 3. The molecule has 204 valence electrons. The summed E-state index contributed by atoms with van der Waals surface area (Å²) < 4.78 is 7.19. The van der Waals surface area contributed by atoms with Crippen LogP contribution in [0, 0.1) is 27.9 Å². The number of nitrogens with zero attached hydrogens (tertiary/aromatic N) is 2. The number of hydrogen-bond donors (Lipinski definition) is 1. The SMILES string of the molecule is CCC1=C2[C@@H](CC/C(=C/c3cc(Br)ccc3O)CC)OC[C@@H]2[C@@H]2C(=O)N(c3cccc([N+](=O)[O-])c3)C(=O)[C@@H]2C1. The number of non-ortho nitro benzene ring substituents is 1. The van der Waals surface area contributed by atoms with Gasteiger partial charge < -0.3 is 9.84 Å². The Kier molecular flexibility index (Phi) is 7.73. The molecule has 2 aromatic rings. The van der Waals surface area contributed by atoms with Gasteiger partial charge in [0.1, 0.15) is 5.75 Å². The zero-order chi connectivity index (χ0) is 27.8. The summed E-state index contributed by atoms with van der Waals surface area (Å²) in [4.78, 5) is 39.1. The number of rotatable bonds is 8. The van der Waals surface area contributed by atoms with Crippen molar-refractivity contribution in [2.24, 2.45) is 17.8 Å². The molecule has 5 rings (SSSR count). The lowest BCUT2D eigenvalue weighted by atomic mass is 9.69. The molecule has 4 atom stereocenters. The predicted octanol–water partition coefficient (Wildman–Crippen LogP) is 6.57. The van der Waals surface area contributed by atoms with E-state index in [-0.39, 0.29) is 41.0 Å². The third kappa shape index (κ3) is 5.05. The summed E-state index contributed by atoms with van der Waals surface area (Å²) in [7, 11) is 0. The lowest BCUT2D eigenvalue weighted by molar-refractivity contribution is -0.384. The van der Waals surface area contributed by atoms with Gasteiger partial charge in [-0.05, 0) is 61.9 Å². The predicted molar refractivity (Wildman–Crippen MR) is 151 cm³/mol. The van der Waals surface area contributed by atoms with Crippen molar-refractivity contribution in [2.75, 3.05) is 11.5 Å². The molecule has 1 aliphatic carbocycles. The number of anilines is 1. The second-order valence-corrected chi connectivity index (χ2v) is 11.3. The lowest BCUT2D eigenvalue weighted by Gasteiger charge is -2.31. The van der Waals surface area contributed by atoms with Crippen molar-refractivity contribution < 1.29 is 24.4 Å². The molecular formula is C30H31BrN2O6. The summed E-state index contributed by atoms with van der Waals surface area (Å²) in [6.45, 7) is 4.54. The van der Waals surface area contributed by atoms with Gasteiger partial charge in [0.05, 0.1) is 35.2 Å². The largest absolute Gasteiger partial charge is 0.507 e. The van der Waals surface area contributed by atoms with Gasteiger partial charge in [-0.2, -0.15) is 0 Å². The van der Waals surface area contributed by atoms with Gasteiger partial charge in [-0.25, -0.2) is 4.90 Å². The van der Waals surface area contributed by atoms with Crippen LogP contribution in [-0.2, 0) is 14.3 Å². The summed E-state index contributed by atoms with van der Waals surface area (Å²) >= 11 is 3.46. The van der Waals surface area contributed by atoms with E-state index in [1.165, 1.54) is 29.3 Å². The number of imide groups is 1. The number of phenols is 1. The number of benzene rings is 2. The van der Waals surface area contributed by atoms with Crippen LogP contribution in [0.3, 0.4) is 0 Å². The molecule has 2 aliphatic heterocycles. The van der Waals surface area contributed by atoms with Crippen molar-refractivity contribution in [3.05, 3.63) is 79.3 Å². The van der Waals surface area contributed by atoms with Gasteiger partial charge in [0, 0.05) is 28.1 Å². The average Bonchev–Trinajstić information content (AvgIpc) is 3.46. The summed E-state index contributed by atoms with van der Waals surface area (Å²) in [5, 5.41) is 21.6. The highest BCUT2D eigenvalue weighted by atomic mass is 79.9. The molecule has 3 aliphatic rings. The van der Waals surface area contributed by atoms with Gasteiger partial charge >= 0.3 is 0 Å². The highest BCUT2D eigenvalue weighted by Gasteiger charge is 2.57. The summed E-state index contributed by atoms with van der Waals surface area (Å²) in [5.74, 6) is -1.53. The topological polar surface area (TPSA) is 110 Å². The number of carbonyl (C=O) groups excluding carboxylic acids is 2. The van der Waals surface area contributed by atoms with Gasteiger partial charge in [0.2, 0.25) is 11.8 Å². The smallest absolute Gasteiger partial charge is 0.271 e. The van der Waals surface area contributed by atoms with E-state index in [1.54, 1.807) is 18.2 Å². The molecule has 9 heteroatoms. The van der Waals surface area contributed by atoms with Crippen LogP contribution in [0.25, 0.3) is 6.08 Å². The number of nitro groups is 1. The second-order valence-electron chi connectivity index (χ2n) is 10.4. The first-order valence-corrected chi connectivity index (χ1v) is 14.2. The zero-order valence-corrected chi connectivity index (χ0v) is 23.5. The first-order valence-electron chi connectivity index (χ1n) is 13.4. The summed E-state index contributed by atoms with van der Waals surface area (Å²) in [6.07, 6.45) is 5.53. The quantitative estimate of drug-likeness (QED) is 0.160. The Balaban J connectivity index is 1.38. The molecule has 0 saturated carbocycles. The van der Waals surface area contributed by atoms with Crippen LogP contribution in [0.1, 0.15) is 51.5 Å². The number of allylic oxidation sites excluding steroid dienone is 2. The molecule has 2 aromatic carbocycles. The Bertz CT molecular complexity index is 1400. The third-order valence-electron chi connectivity index (χ3n) is 8.26. The Hall–Kier alpha value is -3.30. The fourth-order valence-corrected chi connectivity index (χ4v) is 6.72. The van der Waals surface area contributed by atoms with Crippen molar-refractivity contribution in [3.63, 3.8) is 0 Å². The van der Waals surface area contributed by atoms with E-state index in [1.807, 2.05) is 12.1 Å². The van der Waals surface area contributed by atoms with Crippen LogP contribution in [0.5, 0.6) is 5.75 Å². The number of phenolic OH excluding ortho intramolecular Hbond substituents is 1. The number of ether oxygens (including phenoxy) is 1. The van der Waals surface area contributed by atoms with Gasteiger partial charge in [-0.1, -0.05) is 53.1 Å². The maximum Gasteiger partial charge on any atom is 0.271 e. The standard InChI is InChI=1S/C30H31BrN2O6/c1-3-17(12-19-13-20(31)9-10-25(19)34)8-11-26-27-18(4-2)14-23-28(24(27)16-39-26)30(36)32(29(23)35)21-6-5-7-22(15-21)33(37)38/h5-7,9-10,12-13,15,23-24,26,28,34H,3-4,8,11,14,16H2,1-2H3/b17-12+/t23-,24+,26-,28-/m1/s1. The van der Waals surface area contributed by atoms with Gasteiger partial charge in [-0.15, -0.1) is 0 Å².